The van der Waals surface area contributed by atoms with E-state index in [2.05, 4.69) is 15.2 Å². The summed E-state index contributed by atoms with van der Waals surface area (Å²) in [7, 11) is -3.90. The molecule has 1 N–H and O–H groups in total. The molecule has 0 fully saturated rings. The van der Waals surface area contributed by atoms with Crippen LogP contribution in [0.1, 0.15) is 38.1 Å². The molecule has 0 amide bonds. The maximum absolute atomic E-state index is 13.2. The molecule has 9 nitrogen and oxygen atoms in total. The van der Waals surface area contributed by atoms with Gasteiger partial charge in [0.25, 0.3) is 0 Å². The molecule has 1 aliphatic rings. The van der Waals surface area contributed by atoms with Gasteiger partial charge in [-0.25, -0.2) is 17.8 Å². The minimum absolute atomic E-state index is 0.000503. The molecule has 0 saturated heterocycles. The summed E-state index contributed by atoms with van der Waals surface area (Å²) in [5.41, 5.74) is -1.06. The number of fused-ring (bicyclic) bond motifs is 1. The number of hydrogen-bond donors (Lipinski definition) is 1. The van der Waals surface area contributed by atoms with Crippen LogP contribution in [-0.2, 0) is 25.1 Å². The maximum atomic E-state index is 13.2. The van der Waals surface area contributed by atoms with E-state index in [1.54, 1.807) is 30.0 Å². The van der Waals surface area contributed by atoms with Gasteiger partial charge in [-0.2, -0.15) is 5.26 Å². The van der Waals surface area contributed by atoms with Gasteiger partial charge < -0.3 is 9.79 Å². The molecule has 1 heterocycles. The minimum atomic E-state index is -3.90. The van der Waals surface area contributed by atoms with E-state index in [1.165, 1.54) is 18.2 Å². The Morgan fingerprint density at radius 3 is 2.62 bits per heavy atom. The van der Waals surface area contributed by atoms with E-state index in [1.807, 2.05) is 6.92 Å². The summed E-state index contributed by atoms with van der Waals surface area (Å²) < 4.78 is 31.2. The molecular formula is C18H19N3O6S2. The van der Waals surface area contributed by atoms with Gasteiger partial charge in [0, 0.05) is 6.54 Å². The molecule has 1 aromatic heterocycles. The zero-order valence-electron chi connectivity index (χ0n) is 15.7. The minimum Gasteiger partial charge on any atom is -0.354 e. The molecule has 154 valence electrons. The predicted octanol–water partition coefficient (Wildman–Crippen LogP) is 2.56. The largest absolute Gasteiger partial charge is 0.354 e. The van der Waals surface area contributed by atoms with Crippen LogP contribution < -0.4 is 0 Å². The van der Waals surface area contributed by atoms with Crippen LogP contribution in [0.25, 0.3) is 4.91 Å². The Balaban J connectivity index is 2.18. The number of hydrogen-bond acceptors (Lipinski definition) is 9. The molecule has 11 heteroatoms. The summed E-state index contributed by atoms with van der Waals surface area (Å²) >= 11 is 5.33. The van der Waals surface area contributed by atoms with Gasteiger partial charge in [0.2, 0.25) is 9.84 Å². The first-order valence-corrected chi connectivity index (χ1v) is 10.6. The smallest absolute Gasteiger partial charge is 0.344 e. The molecule has 0 spiro atoms. The van der Waals surface area contributed by atoms with Crippen LogP contribution in [0.3, 0.4) is 0 Å². The van der Waals surface area contributed by atoms with Crippen molar-refractivity contribution in [3.8, 4) is 0 Å². The van der Waals surface area contributed by atoms with Gasteiger partial charge in [-0.3, -0.25) is 0 Å². The quantitative estimate of drug-likeness (QED) is 0.410. The van der Waals surface area contributed by atoms with Gasteiger partial charge in [0.05, 0.1) is 21.2 Å². The van der Waals surface area contributed by atoms with Crippen molar-refractivity contribution in [3.05, 3.63) is 47.8 Å². The Morgan fingerprint density at radius 1 is 1.34 bits per heavy atom. The highest BCUT2D eigenvalue weighted by Crippen LogP contribution is 2.45. The molecule has 2 aromatic rings. The molecule has 3 rings (SSSR count). The van der Waals surface area contributed by atoms with Gasteiger partial charge in [0.1, 0.15) is 11.2 Å². The summed E-state index contributed by atoms with van der Waals surface area (Å²) in [6.45, 7) is 3.90. The maximum Gasteiger partial charge on any atom is 0.344 e. The van der Waals surface area contributed by atoms with Crippen LogP contribution in [0.2, 0.25) is 0 Å². The van der Waals surface area contributed by atoms with Gasteiger partial charge in [-0.05, 0) is 37.6 Å². The third-order valence-corrected chi connectivity index (χ3v) is 6.93. The number of aromatic nitrogens is 2. The molecular weight excluding hydrogens is 418 g/mol. The molecule has 0 aliphatic heterocycles. The number of benzene rings is 1. The van der Waals surface area contributed by atoms with Crippen LogP contribution in [0, 0.1) is 0 Å². The SMILES string of the molecule is CCN(C(C)=S)C1(CC(=O)OO)CC=C(S(=O)(=O)c2ccccc2)c2nonc21. The Labute approximate surface area is 172 Å². The summed E-state index contributed by atoms with van der Waals surface area (Å²) in [5, 5.41) is 16.6. The van der Waals surface area contributed by atoms with Crippen molar-refractivity contribution >= 4 is 37.9 Å². The molecule has 29 heavy (non-hydrogen) atoms. The summed E-state index contributed by atoms with van der Waals surface area (Å²) in [4.78, 5) is 18.1. The Hall–Kier alpha value is -2.63. The number of carbonyl (C=O) groups is 1. The van der Waals surface area contributed by atoms with Crippen LogP contribution >= 0.6 is 12.2 Å². The van der Waals surface area contributed by atoms with E-state index >= 15 is 0 Å². The number of thiocarbonyl (C=S) groups is 1. The third kappa shape index (κ3) is 3.56. The second-order valence-corrected chi connectivity index (χ2v) is 8.99. The summed E-state index contributed by atoms with van der Waals surface area (Å²) in [5.74, 6) is -0.920. The highest BCUT2D eigenvalue weighted by Gasteiger charge is 2.49. The first-order chi connectivity index (χ1) is 13.8. The Morgan fingerprint density at radius 2 is 2.03 bits per heavy atom. The predicted molar refractivity (Wildman–Crippen MR) is 106 cm³/mol. The van der Waals surface area contributed by atoms with Crippen molar-refractivity contribution in [2.24, 2.45) is 0 Å². The highest BCUT2D eigenvalue weighted by atomic mass is 32.2. The zero-order chi connectivity index (χ0) is 21.2. The van der Waals surface area contributed by atoms with Crippen molar-refractivity contribution in [2.75, 3.05) is 6.54 Å². The van der Waals surface area contributed by atoms with E-state index in [9.17, 15) is 13.2 Å². The average molecular weight is 437 g/mol. The van der Waals surface area contributed by atoms with E-state index < -0.39 is 21.3 Å². The number of rotatable bonds is 6. The normalized spacial score (nSPS) is 18.5. The molecule has 1 unspecified atom stereocenters. The number of nitrogens with zero attached hydrogens (tertiary/aromatic N) is 3. The number of sulfone groups is 1. The lowest BCUT2D eigenvalue weighted by Gasteiger charge is -2.43. The van der Waals surface area contributed by atoms with E-state index in [4.69, 9.17) is 22.1 Å². The lowest BCUT2D eigenvalue weighted by atomic mass is 9.81. The topological polar surface area (TPSA) is 123 Å². The molecule has 1 aliphatic carbocycles. The van der Waals surface area contributed by atoms with E-state index in [0.717, 1.165) is 0 Å². The van der Waals surface area contributed by atoms with Gasteiger partial charge in [-0.15, -0.1) is 0 Å². The zero-order valence-corrected chi connectivity index (χ0v) is 17.4. The highest BCUT2D eigenvalue weighted by molar-refractivity contribution is 8.00. The van der Waals surface area contributed by atoms with Crippen molar-refractivity contribution in [1.29, 1.82) is 0 Å². The third-order valence-electron chi connectivity index (χ3n) is 4.88. The second-order valence-electron chi connectivity index (χ2n) is 6.49. The number of carbonyl (C=O) groups excluding carboxylic acids is 1. The molecule has 0 saturated carbocycles. The van der Waals surface area contributed by atoms with E-state index in [0.29, 0.717) is 11.5 Å². The first kappa shape index (κ1) is 21.1. The van der Waals surface area contributed by atoms with Gasteiger partial charge in [-0.1, -0.05) is 41.6 Å². The van der Waals surface area contributed by atoms with Crippen molar-refractivity contribution in [2.45, 2.75) is 37.1 Å². The van der Waals surface area contributed by atoms with Crippen LogP contribution in [0.4, 0.5) is 0 Å². The first-order valence-electron chi connectivity index (χ1n) is 8.74. The molecule has 0 radical (unpaired) electrons. The Kier molecular flexibility index (Phi) is 5.82. The fraction of sp³-hybridized carbons (Fsp3) is 0.333. The summed E-state index contributed by atoms with van der Waals surface area (Å²) in [6.07, 6.45) is 1.20. The monoisotopic (exact) mass is 437 g/mol. The lowest BCUT2D eigenvalue weighted by Crippen LogP contribution is -2.51. The molecule has 0 bridgehead atoms. The second kappa shape index (κ2) is 8.01. The van der Waals surface area contributed by atoms with E-state index in [-0.39, 0.29) is 34.0 Å². The lowest BCUT2D eigenvalue weighted by molar-refractivity contribution is -0.236. The van der Waals surface area contributed by atoms with Gasteiger partial charge >= 0.3 is 5.97 Å². The fourth-order valence-corrected chi connectivity index (χ4v) is 5.43. The summed E-state index contributed by atoms with van der Waals surface area (Å²) in [6, 6.07) is 7.91. The van der Waals surface area contributed by atoms with Crippen LogP contribution in [-0.4, -0.2) is 46.4 Å². The Bertz CT molecular complexity index is 1060. The van der Waals surface area contributed by atoms with Crippen molar-refractivity contribution in [1.82, 2.24) is 15.2 Å². The van der Waals surface area contributed by atoms with Crippen molar-refractivity contribution < 1.29 is 28.0 Å². The fourth-order valence-electron chi connectivity index (χ4n) is 3.66. The van der Waals surface area contributed by atoms with Gasteiger partial charge in [0.15, 0.2) is 5.69 Å². The van der Waals surface area contributed by atoms with Crippen LogP contribution in [0.5, 0.6) is 0 Å². The van der Waals surface area contributed by atoms with Crippen molar-refractivity contribution in [3.63, 3.8) is 0 Å². The molecule has 1 atom stereocenters. The molecule has 1 aromatic carbocycles. The van der Waals surface area contributed by atoms with Crippen LogP contribution in [0.15, 0.2) is 45.9 Å². The average Bonchev–Trinajstić information content (AvgIpc) is 3.19. The standard InChI is InChI=1S/C18H19N3O6S2/c1-3-21(12(2)28)18(11-15(22)26-23)10-9-14(16-17(18)20-27-19-16)29(24,25)13-7-5-4-6-8-13/h4-9,23H,3,10-11H2,1-2H3.